The van der Waals surface area contributed by atoms with Gasteiger partial charge in [-0.05, 0) is 34.9 Å². The zero-order valence-electron chi connectivity index (χ0n) is 21.9. The zero-order chi connectivity index (χ0) is 27.8. The highest BCUT2D eigenvalue weighted by molar-refractivity contribution is 7.67. The minimum atomic E-state index is -4.03. The van der Waals surface area contributed by atoms with Gasteiger partial charge in [-0.1, -0.05) is 97.1 Å². The lowest BCUT2D eigenvalue weighted by molar-refractivity contribution is -0.174. The van der Waals surface area contributed by atoms with Crippen molar-refractivity contribution < 1.29 is 32.8 Å². The second kappa shape index (κ2) is 13.5. The van der Waals surface area contributed by atoms with Gasteiger partial charge in [0.2, 0.25) is 0 Å². The van der Waals surface area contributed by atoms with Crippen molar-refractivity contribution in [3.8, 4) is 0 Å². The Hall–Kier alpha value is -3.16. The molecule has 1 aliphatic rings. The summed E-state index contributed by atoms with van der Waals surface area (Å²) in [6.45, 7) is 0.681. The molecule has 40 heavy (non-hydrogen) atoms. The summed E-state index contributed by atoms with van der Waals surface area (Å²) in [5.41, 5.74) is 2.76. The van der Waals surface area contributed by atoms with Crippen molar-refractivity contribution in [2.75, 3.05) is 6.61 Å². The molecule has 4 aromatic rings. The number of hydrogen-bond acceptors (Lipinski definition) is 6. The molecule has 1 aliphatic heterocycles. The molecule has 0 bridgehead atoms. The van der Waals surface area contributed by atoms with Crippen molar-refractivity contribution >= 4 is 12.7 Å². The molecule has 8 heteroatoms. The fourth-order valence-electron chi connectivity index (χ4n) is 4.69. The minimum Gasteiger partial charge on any atom is -0.380 e. The summed E-state index contributed by atoms with van der Waals surface area (Å²) in [7, 11) is -4.03. The van der Waals surface area contributed by atoms with Crippen LogP contribution in [-0.2, 0) is 43.1 Å². The Balaban J connectivity index is 1.45. The lowest BCUT2D eigenvalue weighted by Gasteiger charge is -2.44. The highest BCUT2D eigenvalue weighted by atomic mass is 31.2. The summed E-state index contributed by atoms with van der Waals surface area (Å²) < 4.78 is 53.3. The molecule has 0 spiro atoms. The maximum absolute atomic E-state index is 14.4. The summed E-state index contributed by atoms with van der Waals surface area (Å²) in [5, 5.41) is 11.6. The fraction of sp³-hybridized carbons (Fsp3) is 0.250. The van der Waals surface area contributed by atoms with Crippen LogP contribution < -0.4 is 5.30 Å². The molecule has 1 heterocycles. The van der Waals surface area contributed by atoms with E-state index in [4.69, 9.17) is 18.7 Å². The van der Waals surface area contributed by atoms with E-state index in [-0.39, 0.29) is 25.1 Å². The average molecular weight is 563 g/mol. The van der Waals surface area contributed by atoms with E-state index in [1.54, 1.807) is 0 Å². The first-order valence-corrected chi connectivity index (χ1v) is 14.9. The number of aliphatic hydroxyl groups excluding tert-OH is 1. The standard InChI is InChI=1S/C32H32FO6P/c33-27-17-10-18-28(19-27)40(35)32(34)31(38-22-26-15-8-3-9-16-26)30(37-21-25-13-6-2-7-14-25)29(39-40)23-36-20-24-11-4-1-5-12-24/h1-19,29-32,34H,20-23H2/t29-,30-,31+,32+,40+/m1/s1. The largest absolute Gasteiger partial charge is 0.380 e. The average Bonchev–Trinajstić information content (AvgIpc) is 2.99. The topological polar surface area (TPSA) is 74.2 Å². The van der Waals surface area contributed by atoms with Crippen LogP contribution in [0.15, 0.2) is 115 Å². The van der Waals surface area contributed by atoms with Crippen molar-refractivity contribution in [2.24, 2.45) is 0 Å². The maximum atomic E-state index is 14.4. The molecule has 0 amide bonds. The first kappa shape index (κ1) is 28.4. The van der Waals surface area contributed by atoms with Crippen LogP contribution in [0.25, 0.3) is 0 Å². The lowest BCUT2D eigenvalue weighted by atomic mass is 10.1. The summed E-state index contributed by atoms with van der Waals surface area (Å²) in [5.74, 6) is -2.17. The minimum absolute atomic E-state index is 0.0194. The van der Waals surface area contributed by atoms with Gasteiger partial charge in [-0.25, -0.2) is 4.39 Å². The molecule has 1 N–H and O–H groups in total. The Morgan fingerprint density at radius 1 is 0.700 bits per heavy atom. The van der Waals surface area contributed by atoms with Crippen molar-refractivity contribution in [3.63, 3.8) is 0 Å². The van der Waals surface area contributed by atoms with Gasteiger partial charge < -0.3 is 23.8 Å². The third-order valence-electron chi connectivity index (χ3n) is 6.76. The zero-order valence-corrected chi connectivity index (χ0v) is 22.8. The number of halogens is 1. The van der Waals surface area contributed by atoms with Crippen molar-refractivity contribution in [1.82, 2.24) is 0 Å². The van der Waals surface area contributed by atoms with Gasteiger partial charge in [-0.2, -0.15) is 0 Å². The second-order valence-corrected chi connectivity index (χ2v) is 12.1. The van der Waals surface area contributed by atoms with Crippen molar-refractivity contribution in [2.45, 2.75) is 44.0 Å². The molecule has 0 unspecified atom stereocenters. The predicted octanol–water partition coefficient (Wildman–Crippen LogP) is 5.83. The SMILES string of the molecule is O=[P@@]1(c2cccc(F)c2)O[C@H](COCc2ccccc2)[C@@H](OCc2ccccc2)[C@H](OCc2ccccc2)[C@H]1O. The Bertz CT molecular complexity index is 1390. The van der Waals surface area contributed by atoms with Crippen LogP contribution in [0.5, 0.6) is 0 Å². The Morgan fingerprint density at radius 3 is 1.77 bits per heavy atom. The van der Waals surface area contributed by atoms with E-state index in [9.17, 15) is 14.1 Å². The smallest absolute Gasteiger partial charge is 0.263 e. The van der Waals surface area contributed by atoms with E-state index >= 15 is 0 Å². The van der Waals surface area contributed by atoms with Gasteiger partial charge in [0.05, 0.1) is 26.4 Å². The van der Waals surface area contributed by atoms with Crippen LogP contribution >= 0.6 is 7.37 Å². The van der Waals surface area contributed by atoms with Gasteiger partial charge in [0.15, 0.2) is 5.85 Å². The summed E-state index contributed by atoms with van der Waals surface area (Å²) in [4.78, 5) is 0. The third-order valence-corrected chi connectivity index (χ3v) is 9.33. The molecular weight excluding hydrogens is 530 g/mol. The number of benzene rings is 4. The van der Waals surface area contributed by atoms with Crippen LogP contribution in [0.2, 0.25) is 0 Å². The molecule has 0 aliphatic carbocycles. The monoisotopic (exact) mass is 562 g/mol. The number of ether oxygens (including phenoxy) is 3. The van der Waals surface area contributed by atoms with Gasteiger partial charge in [-0.15, -0.1) is 0 Å². The van der Waals surface area contributed by atoms with Crippen LogP contribution in [0.1, 0.15) is 16.7 Å². The van der Waals surface area contributed by atoms with Crippen molar-refractivity contribution in [3.05, 3.63) is 138 Å². The molecule has 0 saturated carbocycles. The number of rotatable bonds is 11. The van der Waals surface area contributed by atoms with Crippen molar-refractivity contribution in [1.29, 1.82) is 0 Å². The van der Waals surface area contributed by atoms with Gasteiger partial charge in [0.1, 0.15) is 24.1 Å². The van der Waals surface area contributed by atoms with Crippen LogP contribution in [0.4, 0.5) is 4.39 Å². The second-order valence-electron chi connectivity index (χ2n) is 9.66. The lowest BCUT2D eigenvalue weighted by Crippen LogP contribution is -2.55. The molecule has 5 atom stereocenters. The fourth-order valence-corrected chi connectivity index (χ4v) is 7.07. The van der Waals surface area contributed by atoms with Gasteiger partial charge in [0, 0.05) is 5.30 Å². The Morgan fingerprint density at radius 2 is 1.23 bits per heavy atom. The Labute approximate surface area is 233 Å². The molecule has 4 aromatic carbocycles. The predicted molar refractivity (Wildman–Crippen MR) is 151 cm³/mol. The van der Waals surface area contributed by atoms with E-state index in [0.29, 0.717) is 6.61 Å². The highest BCUT2D eigenvalue weighted by Gasteiger charge is 2.54. The van der Waals surface area contributed by atoms with E-state index in [1.165, 1.54) is 18.2 Å². The molecular formula is C32H32FO6P. The van der Waals surface area contributed by atoms with Gasteiger partial charge in [-0.3, -0.25) is 4.57 Å². The molecule has 0 aromatic heterocycles. The summed E-state index contributed by atoms with van der Waals surface area (Å²) >= 11 is 0. The molecule has 1 saturated heterocycles. The van der Waals surface area contributed by atoms with E-state index in [1.807, 2.05) is 91.0 Å². The van der Waals surface area contributed by atoms with Gasteiger partial charge in [0.25, 0.3) is 7.37 Å². The van der Waals surface area contributed by atoms with Crippen LogP contribution in [-0.4, -0.2) is 35.9 Å². The van der Waals surface area contributed by atoms with E-state index in [0.717, 1.165) is 22.8 Å². The summed E-state index contributed by atoms with van der Waals surface area (Å²) in [6, 6.07) is 34.0. The quantitative estimate of drug-likeness (QED) is 0.232. The number of hydrogen-bond donors (Lipinski definition) is 1. The normalized spacial score (nSPS) is 24.6. The highest BCUT2D eigenvalue weighted by Crippen LogP contribution is 2.57. The summed E-state index contributed by atoms with van der Waals surface area (Å²) in [6.07, 6.45) is -2.74. The first-order chi connectivity index (χ1) is 19.5. The third kappa shape index (κ3) is 6.94. The Kier molecular flexibility index (Phi) is 9.55. The molecule has 208 valence electrons. The molecule has 0 radical (unpaired) electrons. The van der Waals surface area contributed by atoms with Crippen LogP contribution in [0.3, 0.4) is 0 Å². The van der Waals surface area contributed by atoms with Crippen LogP contribution in [0, 0.1) is 5.82 Å². The first-order valence-electron chi connectivity index (χ1n) is 13.2. The molecule has 6 nitrogen and oxygen atoms in total. The van der Waals surface area contributed by atoms with E-state index < -0.39 is 37.3 Å². The van der Waals surface area contributed by atoms with Gasteiger partial charge >= 0.3 is 0 Å². The maximum Gasteiger partial charge on any atom is 0.263 e. The van der Waals surface area contributed by atoms with E-state index in [2.05, 4.69) is 0 Å². The molecule has 1 fully saturated rings. The molecule has 5 rings (SSSR count). The number of aliphatic hydroxyl groups is 1.